The first kappa shape index (κ1) is 25.1. The minimum atomic E-state index is -3.26. The van der Waals surface area contributed by atoms with E-state index in [-0.39, 0.29) is 16.6 Å². The number of primary amides is 1. The number of carbonyl (C=O) groups excluding carboxylic acids is 2. The summed E-state index contributed by atoms with van der Waals surface area (Å²) < 4.78 is 22.1. The number of aromatic nitrogens is 1. The molecule has 0 bridgehead atoms. The number of hydrogen-bond donors (Lipinski definition) is 4. The fourth-order valence-corrected chi connectivity index (χ4v) is 4.48. The van der Waals surface area contributed by atoms with Crippen LogP contribution in [0.15, 0.2) is 54.6 Å². The number of nitrogens with two attached hydrogens (primary N) is 2. The molecule has 3 rings (SSSR count). The van der Waals surface area contributed by atoms with Crippen molar-refractivity contribution in [2.24, 2.45) is 5.73 Å². The summed E-state index contributed by atoms with van der Waals surface area (Å²) in [5.74, 6) is -1.30. The molecule has 1 heterocycles. The molecule has 6 N–H and O–H groups in total. The number of aliphatic hydroxyl groups is 1. The number of nitrogens with zero attached hydrogens (tertiary/aromatic N) is 1. The molecule has 1 atom stereocenters. The zero-order chi connectivity index (χ0) is 24.8. The van der Waals surface area contributed by atoms with E-state index in [1.165, 1.54) is 0 Å². The zero-order valence-electron chi connectivity index (χ0n) is 18.5. The Hall–Kier alpha value is -3.55. The van der Waals surface area contributed by atoms with Crippen LogP contribution in [0, 0.1) is 6.92 Å². The predicted octanol–water partition coefficient (Wildman–Crippen LogP) is 2.69. The Morgan fingerprint density at radius 2 is 1.79 bits per heavy atom. The van der Waals surface area contributed by atoms with Crippen LogP contribution in [0.3, 0.4) is 0 Å². The molecule has 2 amide bonds. The molecule has 1 aromatic heterocycles. The molecule has 10 heteroatoms. The van der Waals surface area contributed by atoms with E-state index >= 15 is 0 Å². The maximum atomic E-state index is 12.5. The van der Waals surface area contributed by atoms with Crippen LogP contribution in [-0.2, 0) is 18.7 Å². The van der Waals surface area contributed by atoms with Crippen LogP contribution in [0.2, 0.25) is 5.21 Å². The molecule has 34 heavy (non-hydrogen) atoms. The van der Waals surface area contributed by atoms with Crippen molar-refractivity contribution in [3.05, 3.63) is 77.0 Å². The number of benzene rings is 2. The fraction of sp³-hybridized carbons (Fsp3) is 0.208. The van der Waals surface area contributed by atoms with Gasteiger partial charge in [0.15, 0.2) is 0 Å². The van der Waals surface area contributed by atoms with Crippen LogP contribution in [0.25, 0.3) is 11.1 Å². The van der Waals surface area contributed by atoms with Crippen LogP contribution >= 0.6 is 0 Å². The summed E-state index contributed by atoms with van der Waals surface area (Å²) in [6.45, 7) is 1.82. The quantitative estimate of drug-likeness (QED) is 0.312. The molecule has 0 saturated heterocycles. The van der Waals surface area contributed by atoms with E-state index in [1.807, 2.05) is 6.92 Å². The van der Waals surface area contributed by atoms with Crippen LogP contribution in [0.4, 0.5) is 11.5 Å². The average molecular weight is 524 g/mol. The Kier molecular flexibility index (Phi) is 8.15. The van der Waals surface area contributed by atoms with E-state index in [0.717, 1.165) is 11.1 Å². The second kappa shape index (κ2) is 11.0. The summed E-state index contributed by atoms with van der Waals surface area (Å²) in [4.78, 5) is 28.6. The second-order valence-electron chi connectivity index (χ2n) is 7.77. The molecule has 176 valence electrons. The van der Waals surface area contributed by atoms with Crippen LogP contribution in [-0.4, -0.2) is 36.4 Å². The number of aryl methyl sites for hydroxylation is 2. The van der Waals surface area contributed by atoms with Crippen molar-refractivity contribution in [1.82, 2.24) is 4.98 Å². The second-order valence-corrected chi connectivity index (χ2v) is 10.1. The number of rotatable bonds is 9. The summed E-state index contributed by atoms with van der Waals surface area (Å²) in [5, 5.41) is 13.1. The number of nitrogen functional groups attached to an aromatic ring is 1. The minimum absolute atomic E-state index is 0.0126. The van der Waals surface area contributed by atoms with Gasteiger partial charge in [-0.15, -0.1) is 0 Å². The molecular formula is C24H25AsN4O5. The molecule has 3 aromatic rings. The molecule has 0 aliphatic heterocycles. The van der Waals surface area contributed by atoms with Gasteiger partial charge in [0.25, 0.3) is 0 Å². The van der Waals surface area contributed by atoms with Gasteiger partial charge >= 0.3 is 160 Å². The summed E-state index contributed by atoms with van der Waals surface area (Å²) in [7, 11) is 0. The SMILES string of the molecule is Cc1cc(NC(=O)C(O)c2ccccc2)ccc1-c1cc(C(N)=O)c(N)nc1CCC[As](=O)=O. The van der Waals surface area contributed by atoms with Crippen molar-refractivity contribution in [2.75, 3.05) is 11.1 Å². The van der Waals surface area contributed by atoms with Crippen molar-refractivity contribution in [3.8, 4) is 11.1 Å². The number of hydrogen-bond acceptors (Lipinski definition) is 7. The monoisotopic (exact) mass is 524 g/mol. The molecule has 1 unspecified atom stereocenters. The summed E-state index contributed by atoms with van der Waals surface area (Å²) in [6, 6.07) is 15.3. The van der Waals surface area contributed by atoms with Gasteiger partial charge in [0.1, 0.15) is 0 Å². The van der Waals surface area contributed by atoms with Gasteiger partial charge in [0.05, 0.1) is 0 Å². The Balaban J connectivity index is 1.91. The molecule has 0 aliphatic rings. The number of carbonyl (C=O) groups is 2. The average Bonchev–Trinajstić information content (AvgIpc) is 2.79. The maximum absolute atomic E-state index is 12.5. The first-order valence-electron chi connectivity index (χ1n) is 10.5. The van der Waals surface area contributed by atoms with Gasteiger partial charge < -0.3 is 5.11 Å². The normalized spacial score (nSPS) is 11.6. The molecule has 0 radical (unpaired) electrons. The van der Waals surface area contributed by atoms with Crippen molar-refractivity contribution in [3.63, 3.8) is 0 Å². The Bertz CT molecular complexity index is 1280. The summed E-state index contributed by atoms with van der Waals surface area (Å²) in [6.07, 6.45) is -0.579. The third kappa shape index (κ3) is 6.06. The van der Waals surface area contributed by atoms with E-state index < -0.39 is 32.4 Å². The van der Waals surface area contributed by atoms with Crippen LogP contribution in [0.1, 0.15) is 39.7 Å². The molecule has 9 nitrogen and oxygen atoms in total. The first-order chi connectivity index (χ1) is 16.2. The standard InChI is InChI=1S/C24H25AsN4O5/c1-14-12-16(28-24(32)21(30)15-6-3-2-4-7-15)9-10-17(14)18-13-19(23(27)31)22(26)29-20(18)8-5-11-25(33)34/h2-4,6-7,9-10,12-13,21,30H,5,8,11H2,1H3,(H2,26,29)(H2,27,31)(H,28,32). The number of amides is 2. The van der Waals surface area contributed by atoms with Gasteiger partial charge in [-0.1, -0.05) is 30.3 Å². The van der Waals surface area contributed by atoms with E-state index in [4.69, 9.17) is 11.5 Å². The van der Waals surface area contributed by atoms with Crippen molar-refractivity contribution in [1.29, 1.82) is 0 Å². The Morgan fingerprint density at radius 1 is 1.09 bits per heavy atom. The van der Waals surface area contributed by atoms with E-state index in [9.17, 15) is 22.2 Å². The number of pyridine rings is 1. The zero-order valence-corrected chi connectivity index (χ0v) is 20.4. The van der Waals surface area contributed by atoms with Gasteiger partial charge in [-0.2, -0.15) is 0 Å². The van der Waals surface area contributed by atoms with Gasteiger partial charge in [-0.05, 0) is 5.56 Å². The summed E-state index contributed by atoms with van der Waals surface area (Å²) in [5.41, 5.74) is 15.0. The molecular weight excluding hydrogens is 499 g/mol. The van der Waals surface area contributed by atoms with E-state index in [1.54, 1.807) is 54.6 Å². The molecule has 0 spiro atoms. The van der Waals surface area contributed by atoms with Crippen molar-refractivity contribution in [2.45, 2.75) is 31.1 Å². The Labute approximate surface area is 200 Å². The molecule has 0 fully saturated rings. The topological polar surface area (TPSA) is 165 Å². The third-order valence-corrected chi connectivity index (χ3v) is 6.73. The van der Waals surface area contributed by atoms with E-state index in [2.05, 4.69) is 10.3 Å². The third-order valence-electron chi connectivity index (χ3n) is 5.30. The van der Waals surface area contributed by atoms with Crippen molar-refractivity contribution < 1.29 is 22.2 Å². The molecule has 0 saturated carbocycles. The number of anilines is 2. The van der Waals surface area contributed by atoms with Gasteiger partial charge in [-0.25, -0.2) is 0 Å². The van der Waals surface area contributed by atoms with Gasteiger partial charge in [0.2, 0.25) is 0 Å². The van der Waals surface area contributed by atoms with E-state index in [0.29, 0.717) is 35.3 Å². The Morgan fingerprint density at radius 3 is 2.41 bits per heavy atom. The predicted molar refractivity (Wildman–Crippen MR) is 128 cm³/mol. The van der Waals surface area contributed by atoms with Crippen LogP contribution < -0.4 is 16.8 Å². The summed E-state index contributed by atoms with van der Waals surface area (Å²) >= 11 is -3.26. The van der Waals surface area contributed by atoms with Gasteiger partial charge in [0, 0.05) is 0 Å². The first-order valence-corrected chi connectivity index (χ1v) is 13.4. The molecule has 2 aromatic carbocycles. The fourth-order valence-electron chi connectivity index (χ4n) is 3.61. The van der Waals surface area contributed by atoms with Gasteiger partial charge in [-0.3, -0.25) is 0 Å². The van der Waals surface area contributed by atoms with Crippen molar-refractivity contribution >= 4 is 37.8 Å². The van der Waals surface area contributed by atoms with Crippen LogP contribution in [0.5, 0.6) is 0 Å². The molecule has 0 aliphatic carbocycles. The number of nitrogens with one attached hydrogen (secondary N) is 1. The number of aliphatic hydroxyl groups excluding tert-OH is 1.